The van der Waals surface area contributed by atoms with Gasteiger partial charge in [-0.1, -0.05) is 18.1 Å². The van der Waals surface area contributed by atoms with Crippen LogP contribution < -0.4 is 11.0 Å². The summed E-state index contributed by atoms with van der Waals surface area (Å²) in [5.41, 5.74) is -1.33. The molecule has 9 nitrogen and oxygen atoms in total. The molecule has 3 aromatic rings. The Labute approximate surface area is 222 Å². The Balaban J connectivity index is 1.80. The number of aryl methyl sites for hydroxylation is 1. The van der Waals surface area contributed by atoms with Crippen LogP contribution in [0.15, 0.2) is 29.1 Å². The van der Waals surface area contributed by atoms with E-state index in [-0.39, 0.29) is 22.9 Å². The summed E-state index contributed by atoms with van der Waals surface area (Å²) in [5.74, 6) is -2.85. The van der Waals surface area contributed by atoms with Gasteiger partial charge in [-0.05, 0) is 31.9 Å². The molecule has 0 unspecified atom stereocenters. The fraction of sp³-hybridized carbons (Fsp3) is 0.407. The fourth-order valence-electron chi connectivity index (χ4n) is 5.00. The van der Waals surface area contributed by atoms with Crippen molar-refractivity contribution in [2.45, 2.75) is 44.3 Å². The Morgan fingerprint density at radius 3 is 2.64 bits per heavy atom. The third-order valence-electron chi connectivity index (χ3n) is 7.18. The number of anilines is 1. The van der Waals surface area contributed by atoms with Crippen molar-refractivity contribution < 1.29 is 27.8 Å². The van der Waals surface area contributed by atoms with Crippen LogP contribution in [0.3, 0.4) is 0 Å². The van der Waals surface area contributed by atoms with Crippen LogP contribution in [0.1, 0.15) is 48.2 Å². The average molecular weight is 544 g/mol. The normalized spacial score (nSPS) is 16.1. The number of ether oxygens (including phenoxy) is 1. The molecule has 2 aromatic heterocycles. The number of nitrogens with one attached hydrogen (secondary N) is 2. The van der Waals surface area contributed by atoms with Crippen molar-refractivity contribution in [2.75, 3.05) is 32.1 Å². The number of H-pyrrole nitrogens is 1. The van der Waals surface area contributed by atoms with Gasteiger partial charge in [0.25, 0.3) is 5.92 Å². The second kappa shape index (κ2) is 10.7. The number of carbonyl (C=O) groups is 1. The Bertz CT molecular complexity index is 1510. The van der Waals surface area contributed by atoms with Gasteiger partial charge in [0.2, 0.25) is 5.91 Å². The van der Waals surface area contributed by atoms with Crippen LogP contribution >= 0.6 is 0 Å². The highest BCUT2D eigenvalue weighted by Gasteiger charge is 2.39. The highest BCUT2D eigenvalue weighted by Crippen LogP contribution is 2.40. The van der Waals surface area contributed by atoms with Gasteiger partial charge in [0, 0.05) is 43.9 Å². The number of likely N-dealkylation sites (tertiary alicyclic amines) is 1. The van der Waals surface area contributed by atoms with Gasteiger partial charge in [-0.2, -0.15) is 13.8 Å². The van der Waals surface area contributed by atoms with Gasteiger partial charge in [-0.15, -0.1) is 6.42 Å². The number of aliphatic hydroxyl groups is 1. The molecule has 12 heteroatoms. The number of piperidine rings is 1. The van der Waals surface area contributed by atoms with E-state index in [1.807, 2.05) is 0 Å². The predicted molar refractivity (Wildman–Crippen MR) is 138 cm³/mol. The maximum Gasteiger partial charge on any atom is 0.348 e. The van der Waals surface area contributed by atoms with Crippen LogP contribution in [0.4, 0.5) is 19.0 Å². The largest absolute Gasteiger partial charge is 0.390 e. The predicted octanol–water partition coefficient (Wildman–Crippen LogP) is 3.12. The molecule has 39 heavy (non-hydrogen) atoms. The Kier molecular flexibility index (Phi) is 7.68. The molecule has 0 spiro atoms. The van der Waals surface area contributed by atoms with Gasteiger partial charge in [0.1, 0.15) is 29.9 Å². The zero-order valence-electron chi connectivity index (χ0n) is 21.6. The SMILES string of the molecule is C#C[C@@H](Nc1nc(=O)[nH]c2nc(C)c(C3(OC)CCN(C(C)=O)CC3)cc12)c1cccc(C(F)(F)CO)c1F. The van der Waals surface area contributed by atoms with Gasteiger partial charge in [0.05, 0.1) is 16.6 Å². The summed E-state index contributed by atoms with van der Waals surface area (Å²) in [6.45, 7) is 2.64. The number of methoxy groups -OCH3 is 1. The summed E-state index contributed by atoms with van der Waals surface area (Å²) in [6.07, 6.45) is 6.65. The molecule has 1 fully saturated rings. The van der Waals surface area contributed by atoms with Crippen molar-refractivity contribution in [1.29, 1.82) is 0 Å². The lowest BCUT2D eigenvalue weighted by Gasteiger charge is -2.41. The third kappa shape index (κ3) is 5.20. The number of benzene rings is 1. The first-order chi connectivity index (χ1) is 18.5. The highest BCUT2D eigenvalue weighted by molar-refractivity contribution is 5.87. The van der Waals surface area contributed by atoms with Crippen LogP contribution in [0, 0.1) is 25.1 Å². The van der Waals surface area contributed by atoms with E-state index in [9.17, 15) is 18.4 Å². The molecule has 1 aromatic carbocycles. The maximum absolute atomic E-state index is 15.2. The summed E-state index contributed by atoms with van der Waals surface area (Å²) in [6, 6.07) is 3.75. The number of hydrogen-bond donors (Lipinski definition) is 3. The minimum atomic E-state index is -3.82. The summed E-state index contributed by atoms with van der Waals surface area (Å²) in [5, 5.41) is 12.2. The molecule has 1 aliphatic heterocycles. The molecule has 4 rings (SSSR count). The molecule has 206 valence electrons. The first-order valence-corrected chi connectivity index (χ1v) is 12.2. The molecule has 3 heterocycles. The number of hydrogen-bond acceptors (Lipinski definition) is 7. The number of halogens is 3. The van der Waals surface area contributed by atoms with E-state index in [4.69, 9.17) is 16.3 Å². The fourth-order valence-corrected chi connectivity index (χ4v) is 5.00. The number of aromatic amines is 1. The van der Waals surface area contributed by atoms with Crippen molar-refractivity contribution in [3.63, 3.8) is 0 Å². The minimum absolute atomic E-state index is 0.0309. The van der Waals surface area contributed by atoms with Crippen molar-refractivity contribution in [2.24, 2.45) is 0 Å². The van der Waals surface area contributed by atoms with E-state index in [0.29, 0.717) is 42.6 Å². The lowest BCUT2D eigenvalue weighted by molar-refractivity contribution is -0.135. The Morgan fingerprint density at radius 2 is 2.05 bits per heavy atom. The summed E-state index contributed by atoms with van der Waals surface area (Å²) in [7, 11) is 1.57. The van der Waals surface area contributed by atoms with E-state index in [2.05, 4.69) is 26.2 Å². The maximum atomic E-state index is 15.2. The molecule has 0 aliphatic carbocycles. The van der Waals surface area contributed by atoms with E-state index >= 15 is 4.39 Å². The van der Waals surface area contributed by atoms with Crippen LogP contribution in [-0.2, 0) is 21.1 Å². The molecular weight excluding hydrogens is 515 g/mol. The smallest absolute Gasteiger partial charge is 0.348 e. The molecule has 0 saturated carbocycles. The number of carbonyl (C=O) groups excluding carboxylic acids is 1. The van der Waals surface area contributed by atoms with E-state index in [1.165, 1.54) is 19.1 Å². The summed E-state index contributed by atoms with van der Waals surface area (Å²) < 4.78 is 49.4. The standard InChI is InChI=1S/C27H28F3N5O4/c1-5-21(17-7-6-8-19(22(17)28)27(29,30)14-36)32-24-18-13-20(15(2)31-23(18)33-25(38)34-24)26(39-4)9-11-35(12-10-26)16(3)37/h1,6-8,13,21,36H,9-12,14H2,2-4H3,(H2,31,32,33,34,38)/t21-/m1/s1. The number of amides is 1. The third-order valence-corrected chi connectivity index (χ3v) is 7.18. The van der Waals surface area contributed by atoms with Crippen LogP contribution in [0.5, 0.6) is 0 Å². The topological polar surface area (TPSA) is 120 Å². The monoisotopic (exact) mass is 543 g/mol. The van der Waals surface area contributed by atoms with Gasteiger partial charge >= 0.3 is 5.69 Å². The molecule has 1 saturated heterocycles. The molecule has 0 radical (unpaired) electrons. The highest BCUT2D eigenvalue weighted by atomic mass is 19.3. The minimum Gasteiger partial charge on any atom is -0.390 e. The Hall–Kier alpha value is -3.95. The number of aromatic nitrogens is 3. The summed E-state index contributed by atoms with van der Waals surface area (Å²) in [4.78, 5) is 37.0. The van der Waals surface area contributed by atoms with Gasteiger partial charge in [0.15, 0.2) is 0 Å². The quantitative estimate of drug-likeness (QED) is 0.392. The zero-order chi connectivity index (χ0) is 28.5. The number of nitrogens with zero attached hydrogens (tertiary/aromatic N) is 3. The lowest BCUT2D eigenvalue weighted by atomic mass is 9.83. The summed E-state index contributed by atoms with van der Waals surface area (Å²) >= 11 is 0. The second-order valence-corrected chi connectivity index (χ2v) is 9.43. The first kappa shape index (κ1) is 28.1. The average Bonchev–Trinajstić information content (AvgIpc) is 2.91. The van der Waals surface area contributed by atoms with E-state index in [1.54, 1.807) is 25.0 Å². The van der Waals surface area contributed by atoms with E-state index in [0.717, 1.165) is 6.07 Å². The van der Waals surface area contributed by atoms with Crippen LogP contribution in [-0.4, -0.2) is 57.7 Å². The number of fused-ring (bicyclic) bond motifs is 1. The number of terminal acetylenes is 1. The van der Waals surface area contributed by atoms with Crippen LogP contribution in [0.2, 0.25) is 0 Å². The van der Waals surface area contributed by atoms with Crippen molar-refractivity contribution in [3.05, 3.63) is 63.0 Å². The second-order valence-electron chi connectivity index (χ2n) is 9.43. The first-order valence-electron chi connectivity index (χ1n) is 12.2. The van der Waals surface area contributed by atoms with Crippen molar-refractivity contribution in [1.82, 2.24) is 19.9 Å². The molecule has 3 N–H and O–H groups in total. The van der Waals surface area contributed by atoms with Crippen molar-refractivity contribution in [3.8, 4) is 12.3 Å². The van der Waals surface area contributed by atoms with Gasteiger partial charge < -0.3 is 20.1 Å². The van der Waals surface area contributed by atoms with Gasteiger partial charge in [-0.25, -0.2) is 14.2 Å². The number of rotatable bonds is 7. The molecular formula is C27H28F3N5O4. The number of alkyl halides is 2. The van der Waals surface area contributed by atoms with Crippen LogP contribution in [0.25, 0.3) is 11.0 Å². The van der Waals surface area contributed by atoms with E-state index < -0.39 is 41.2 Å². The van der Waals surface area contributed by atoms with Gasteiger partial charge in [-0.3, -0.25) is 9.78 Å². The Morgan fingerprint density at radius 1 is 1.36 bits per heavy atom. The zero-order valence-corrected chi connectivity index (χ0v) is 21.6. The molecule has 1 aliphatic rings. The van der Waals surface area contributed by atoms with Crippen molar-refractivity contribution >= 4 is 22.8 Å². The lowest BCUT2D eigenvalue weighted by Crippen LogP contribution is -2.45. The molecule has 0 bridgehead atoms. The number of pyridine rings is 1. The molecule has 1 amide bonds. The number of aliphatic hydroxyl groups excluding tert-OH is 1. The molecule has 1 atom stereocenters.